The molecular formula is C11H16N6O. The first-order chi connectivity index (χ1) is 8.60. The van der Waals surface area contributed by atoms with Crippen LogP contribution in [0.2, 0.25) is 0 Å². The maximum atomic E-state index is 5.65. The van der Waals surface area contributed by atoms with E-state index in [9.17, 15) is 0 Å². The molecule has 0 radical (unpaired) electrons. The third-order valence-corrected chi connectivity index (χ3v) is 2.23. The molecule has 7 nitrogen and oxygen atoms in total. The molecule has 0 aliphatic heterocycles. The zero-order valence-electron chi connectivity index (χ0n) is 10.7. The number of nitrogens with two attached hydrogens (primary N) is 1. The standard InChI is InChI=1S/C11H16N6O/c1-4-17-6-5-13-9(17)8-14-10(12)16-11(15-8)18-7(2)3/h5-7H,4H2,1-3H3,(H2,12,14,15,16). The van der Waals surface area contributed by atoms with E-state index < -0.39 is 0 Å². The fourth-order valence-corrected chi connectivity index (χ4v) is 1.51. The topological polar surface area (TPSA) is 91.7 Å². The van der Waals surface area contributed by atoms with Crippen molar-refractivity contribution >= 4 is 5.95 Å². The third kappa shape index (κ3) is 2.55. The lowest BCUT2D eigenvalue weighted by atomic mass is 10.5. The molecule has 2 aromatic heterocycles. The summed E-state index contributed by atoms with van der Waals surface area (Å²) in [4.78, 5) is 16.5. The largest absolute Gasteiger partial charge is 0.461 e. The Bertz CT molecular complexity index is 536. The molecule has 0 aromatic carbocycles. The molecule has 0 saturated carbocycles. The molecule has 0 spiro atoms. The first-order valence-electron chi connectivity index (χ1n) is 5.80. The molecule has 2 N–H and O–H groups in total. The second-order valence-electron chi connectivity index (χ2n) is 4.00. The number of hydrogen-bond donors (Lipinski definition) is 1. The van der Waals surface area contributed by atoms with Gasteiger partial charge in [0.15, 0.2) is 5.82 Å². The van der Waals surface area contributed by atoms with Crippen molar-refractivity contribution in [3.8, 4) is 17.7 Å². The highest BCUT2D eigenvalue weighted by molar-refractivity contribution is 5.46. The van der Waals surface area contributed by atoms with Crippen LogP contribution in [0, 0.1) is 0 Å². The van der Waals surface area contributed by atoms with Gasteiger partial charge in [0.1, 0.15) is 0 Å². The SMILES string of the molecule is CCn1ccnc1-c1nc(N)nc(OC(C)C)n1. The van der Waals surface area contributed by atoms with Gasteiger partial charge in [-0.15, -0.1) is 0 Å². The van der Waals surface area contributed by atoms with Crippen molar-refractivity contribution in [2.45, 2.75) is 33.4 Å². The zero-order chi connectivity index (χ0) is 13.1. The van der Waals surface area contributed by atoms with E-state index >= 15 is 0 Å². The molecule has 0 bridgehead atoms. The lowest BCUT2D eigenvalue weighted by Crippen LogP contribution is -2.12. The number of nitrogen functional groups attached to an aromatic ring is 1. The average Bonchev–Trinajstić information content (AvgIpc) is 2.75. The van der Waals surface area contributed by atoms with Gasteiger partial charge in [0.05, 0.1) is 6.10 Å². The summed E-state index contributed by atoms with van der Waals surface area (Å²) in [6.45, 7) is 6.59. The zero-order valence-corrected chi connectivity index (χ0v) is 10.7. The summed E-state index contributed by atoms with van der Waals surface area (Å²) in [6.07, 6.45) is 3.53. The molecule has 0 atom stereocenters. The molecule has 18 heavy (non-hydrogen) atoms. The molecule has 7 heteroatoms. The second kappa shape index (κ2) is 4.99. The van der Waals surface area contributed by atoms with Gasteiger partial charge >= 0.3 is 6.01 Å². The first kappa shape index (κ1) is 12.3. The smallest absolute Gasteiger partial charge is 0.322 e. The summed E-state index contributed by atoms with van der Waals surface area (Å²) in [7, 11) is 0. The van der Waals surface area contributed by atoms with E-state index in [1.165, 1.54) is 0 Å². The van der Waals surface area contributed by atoms with Gasteiger partial charge in [-0.2, -0.15) is 15.0 Å². The van der Waals surface area contributed by atoms with Crippen LogP contribution in [0.3, 0.4) is 0 Å². The molecule has 0 fully saturated rings. The minimum atomic E-state index is -0.0226. The summed E-state index contributed by atoms with van der Waals surface area (Å²) >= 11 is 0. The van der Waals surface area contributed by atoms with E-state index in [0.717, 1.165) is 6.54 Å². The summed E-state index contributed by atoms with van der Waals surface area (Å²) in [6, 6.07) is 0.221. The molecule has 0 aliphatic rings. The number of anilines is 1. The highest BCUT2D eigenvalue weighted by Crippen LogP contribution is 2.16. The molecular weight excluding hydrogens is 232 g/mol. The third-order valence-electron chi connectivity index (χ3n) is 2.23. The van der Waals surface area contributed by atoms with Crippen LogP contribution in [0.25, 0.3) is 11.6 Å². The van der Waals surface area contributed by atoms with E-state index in [4.69, 9.17) is 10.5 Å². The van der Waals surface area contributed by atoms with Gasteiger partial charge in [-0.05, 0) is 20.8 Å². The van der Waals surface area contributed by atoms with Gasteiger partial charge in [-0.3, -0.25) is 0 Å². The number of hydrogen-bond acceptors (Lipinski definition) is 6. The maximum Gasteiger partial charge on any atom is 0.322 e. The lowest BCUT2D eigenvalue weighted by Gasteiger charge is -2.09. The van der Waals surface area contributed by atoms with Crippen LogP contribution in [0.15, 0.2) is 12.4 Å². The predicted molar refractivity (Wildman–Crippen MR) is 66.9 cm³/mol. The quantitative estimate of drug-likeness (QED) is 0.871. The Hall–Kier alpha value is -2.18. The van der Waals surface area contributed by atoms with Gasteiger partial charge in [-0.25, -0.2) is 4.98 Å². The van der Waals surface area contributed by atoms with E-state index in [2.05, 4.69) is 19.9 Å². The Kier molecular flexibility index (Phi) is 3.40. The predicted octanol–water partition coefficient (Wildman–Crippen LogP) is 1.12. The molecule has 0 unspecified atom stereocenters. The van der Waals surface area contributed by atoms with Crippen molar-refractivity contribution in [2.75, 3.05) is 5.73 Å². The van der Waals surface area contributed by atoms with Crippen molar-refractivity contribution < 1.29 is 4.74 Å². The van der Waals surface area contributed by atoms with E-state index in [1.807, 2.05) is 31.5 Å². The molecule has 0 amide bonds. The fraction of sp³-hybridized carbons (Fsp3) is 0.455. The Labute approximate surface area is 105 Å². The fourth-order valence-electron chi connectivity index (χ4n) is 1.51. The monoisotopic (exact) mass is 248 g/mol. The second-order valence-corrected chi connectivity index (χ2v) is 4.00. The minimum absolute atomic E-state index is 0.0226. The summed E-state index contributed by atoms with van der Waals surface area (Å²) < 4.78 is 7.35. The molecule has 2 rings (SSSR count). The number of nitrogens with zero attached hydrogens (tertiary/aromatic N) is 5. The number of rotatable bonds is 4. The maximum absolute atomic E-state index is 5.65. The van der Waals surface area contributed by atoms with E-state index in [1.54, 1.807) is 6.20 Å². The Morgan fingerprint density at radius 1 is 1.33 bits per heavy atom. The van der Waals surface area contributed by atoms with Crippen LogP contribution >= 0.6 is 0 Å². The molecule has 96 valence electrons. The Morgan fingerprint density at radius 3 is 2.78 bits per heavy atom. The van der Waals surface area contributed by atoms with Gasteiger partial charge < -0.3 is 15.0 Å². The van der Waals surface area contributed by atoms with Crippen LogP contribution < -0.4 is 10.5 Å². The molecule has 0 saturated heterocycles. The van der Waals surface area contributed by atoms with Gasteiger partial charge in [0.2, 0.25) is 11.8 Å². The van der Waals surface area contributed by atoms with E-state index in [-0.39, 0.29) is 18.1 Å². The summed E-state index contributed by atoms with van der Waals surface area (Å²) in [5.41, 5.74) is 5.65. The van der Waals surface area contributed by atoms with Crippen molar-refractivity contribution in [1.29, 1.82) is 0 Å². The summed E-state index contributed by atoms with van der Waals surface area (Å²) in [5.74, 6) is 1.20. The van der Waals surface area contributed by atoms with Crippen LogP contribution in [0.5, 0.6) is 6.01 Å². The van der Waals surface area contributed by atoms with Gasteiger partial charge in [0, 0.05) is 18.9 Å². The van der Waals surface area contributed by atoms with Crippen molar-refractivity contribution in [3.63, 3.8) is 0 Å². The van der Waals surface area contributed by atoms with Crippen molar-refractivity contribution in [1.82, 2.24) is 24.5 Å². The van der Waals surface area contributed by atoms with Gasteiger partial charge in [0.25, 0.3) is 0 Å². The van der Waals surface area contributed by atoms with Crippen LogP contribution in [-0.2, 0) is 6.54 Å². The molecule has 2 heterocycles. The van der Waals surface area contributed by atoms with Crippen molar-refractivity contribution in [2.24, 2.45) is 0 Å². The van der Waals surface area contributed by atoms with Crippen molar-refractivity contribution in [3.05, 3.63) is 12.4 Å². The van der Waals surface area contributed by atoms with Crippen LogP contribution in [-0.4, -0.2) is 30.6 Å². The molecule has 2 aromatic rings. The number of aryl methyl sites for hydroxylation is 1. The number of aromatic nitrogens is 5. The highest BCUT2D eigenvalue weighted by atomic mass is 16.5. The van der Waals surface area contributed by atoms with Gasteiger partial charge in [-0.1, -0.05) is 0 Å². The Morgan fingerprint density at radius 2 is 2.11 bits per heavy atom. The minimum Gasteiger partial charge on any atom is -0.461 e. The lowest BCUT2D eigenvalue weighted by molar-refractivity contribution is 0.222. The first-order valence-corrected chi connectivity index (χ1v) is 5.80. The Balaban J connectivity index is 2.42. The molecule has 0 aliphatic carbocycles. The van der Waals surface area contributed by atoms with Crippen LogP contribution in [0.1, 0.15) is 20.8 Å². The van der Waals surface area contributed by atoms with Crippen LogP contribution in [0.4, 0.5) is 5.95 Å². The van der Waals surface area contributed by atoms with E-state index in [0.29, 0.717) is 11.6 Å². The summed E-state index contributed by atoms with van der Waals surface area (Å²) in [5, 5.41) is 0. The average molecular weight is 248 g/mol. The normalized spacial score (nSPS) is 10.9. The number of ether oxygens (including phenoxy) is 1. The number of imidazole rings is 1. The highest BCUT2D eigenvalue weighted by Gasteiger charge is 2.13.